The minimum absolute atomic E-state index is 0.422. The van der Waals surface area contributed by atoms with Crippen molar-refractivity contribution < 1.29 is 0 Å². The summed E-state index contributed by atoms with van der Waals surface area (Å²) in [5.74, 6) is 0. The Bertz CT molecular complexity index is 1250. The van der Waals surface area contributed by atoms with Gasteiger partial charge in [-0.3, -0.25) is 0 Å². The van der Waals surface area contributed by atoms with E-state index in [0.717, 1.165) is 6.16 Å². The lowest BCUT2D eigenvalue weighted by Gasteiger charge is -2.24. The Hall–Kier alpha value is -3.47. The molecule has 0 radical (unpaired) electrons. The van der Waals surface area contributed by atoms with Crippen molar-refractivity contribution in [3.63, 3.8) is 0 Å². The molecule has 0 nitrogen and oxygen atoms in total. The van der Waals surface area contributed by atoms with Gasteiger partial charge in [0.2, 0.25) is 0 Å². The van der Waals surface area contributed by atoms with Gasteiger partial charge in [-0.1, -0.05) is 129 Å². The van der Waals surface area contributed by atoms with E-state index < -0.39 is 7.92 Å². The van der Waals surface area contributed by atoms with Crippen LogP contribution in [0.25, 0.3) is 33.4 Å². The van der Waals surface area contributed by atoms with Crippen molar-refractivity contribution >= 4 is 13.2 Å². The Kier molecular flexibility index (Phi) is 6.47. The molecule has 1 unspecified atom stereocenters. The largest absolute Gasteiger partial charge is 0.0727 e. The molecule has 0 aliphatic carbocycles. The zero-order valence-electron chi connectivity index (χ0n) is 18.9. The van der Waals surface area contributed by atoms with Gasteiger partial charge in [0.25, 0.3) is 0 Å². The fourth-order valence-corrected chi connectivity index (χ4v) is 6.58. The van der Waals surface area contributed by atoms with Crippen LogP contribution in [0.15, 0.2) is 133 Å². The van der Waals surface area contributed by atoms with E-state index in [4.69, 9.17) is 0 Å². The minimum atomic E-state index is -0.422. The summed E-state index contributed by atoms with van der Waals surface area (Å²) in [5, 5.41) is 1.48. The topological polar surface area (TPSA) is 0 Å². The van der Waals surface area contributed by atoms with E-state index in [1.165, 1.54) is 44.2 Å². The van der Waals surface area contributed by atoms with Crippen molar-refractivity contribution in [3.8, 4) is 33.4 Å². The Balaban J connectivity index is 1.76. The molecule has 1 atom stereocenters. The smallest absolute Gasteiger partial charge is 0.00349 e. The molecule has 0 amide bonds. The second-order valence-corrected chi connectivity index (χ2v) is 10.5. The zero-order chi connectivity index (χ0) is 22.5. The van der Waals surface area contributed by atoms with Crippen LogP contribution in [0, 0.1) is 0 Å². The third-order valence-electron chi connectivity index (χ3n) is 6.03. The van der Waals surface area contributed by atoms with Crippen LogP contribution in [-0.2, 0) is 6.16 Å². The highest BCUT2D eigenvalue weighted by molar-refractivity contribution is 7.64. The molecule has 160 valence electrons. The van der Waals surface area contributed by atoms with Crippen LogP contribution in [0.4, 0.5) is 0 Å². The Morgan fingerprint density at radius 3 is 1.30 bits per heavy atom. The second-order valence-electron chi connectivity index (χ2n) is 8.36. The van der Waals surface area contributed by atoms with E-state index in [1.807, 2.05) is 0 Å². The quantitative estimate of drug-likeness (QED) is 0.231. The highest BCUT2D eigenvalue weighted by Crippen LogP contribution is 2.44. The first-order valence-corrected chi connectivity index (χ1v) is 13.4. The monoisotopic (exact) mass is 442 g/mol. The molecule has 5 rings (SSSR count). The van der Waals surface area contributed by atoms with Gasteiger partial charge < -0.3 is 0 Å². The second kappa shape index (κ2) is 9.99. The summed E-state index contributed by atoms with van der Waals surface area (Å²) >= 11 is 0. The standard InChI is InChI=1S/C32H27P/c1-33(24-25-14-6-2-7-15-25)32-30(27-18-10-4-11-19-27)22-29(26-16-8-3-9-17-26)23-31(32)28-20-12-5-13-21-28/h2-23H,24H2,1H3. The van der Waals surface area contributed by atoms with Crippen molar-refractivity contribution in [2.75, 3.05) is 6.66 Å². The van der Waals surface area contributed by atoms with Crippen LogP contribution in [-0.4, -0.2) is 6.66 Å². The maximum Gasteiger partial charge on any atom is -0.00349 e. The number of rotatable bonds is 6. The molecular formula is C32H27P. The van der Waals surface area contributed by atoms with E-state index in [9.17, 15) is 0 Å². The van der Waals surface area contributed by atoms with E-state index in [0.29, 0.717) is 0 Å². The average molecular weight is 443 g/mol. The molecule has 0 heterocycles. The Labute approximate surface area is 198 Å². The lowest BCUT2D eigenvalue weighted by atomic mass is 9.93. The lowest BCUT2D eigenvalue weighted by Crippen LogP contribution is -2.11. The molecule has 33 heavy (non-hydrogen) atoms. The van der Waals surface area contributed by atoms with Crippen LogP contribution in [0.5, 0.6) is 0 Å². The van der Waals surface area contributed by atoms with Crippen LogP contribution < -0.4 is 5.30 Å². The maximum absolute atomic E-state index is 2.43. The molecule has 0 saturated heterocycles. The summed E-state index contributed by atoms with van der Waals surface area (Å²) in [7, 11) is -0.422. The van der Waals surface area contributed by atoms with Gasteiger partial charge in [-0.25, -0.2) is 0 Å². The van der Waals surface area contributed by atoms with Crippen LogP contribution >= 0.6 is 7.92 Å². The van der Waals surface area contributed by atoms with Gasteiger partial charge in [0.1, 0.15) is 0 Å². The minimum Gasteiger partial charge on any atom is -0.0727 e. The highest BCUT2D eigenvalue weighted by atomic mass is 31.1. The van der Waals surface area contributed by atoms with Crippen molar-refractivity contribution in [2.45, 2.75) is 6.16 Å². The molecule has 5 aromatic rings. The predicted octanol–water partition coefficient (Wildman–Crippen LogP) is 8.62. The first kappa shape index (κ1) is 21.4. The summed E-state index contributed by atoms with van der Waals surface area (Å²) < 4.78 is 0. The average Bonchev–Trinajstić information content (AvgIpc) is 2.90. The molecule has 0 aliphatic heterocycles. The first-order chi connectivity index (χ1) is 16.3. The van der Waals surface area contributed by atoms with Gasteiger partial charge in [0.05, 0.1) is 0 Å². The summed E-state index contributed by atoms with van der Waals surface area (Å²) in [5.41, 5.74) is 9.17. The molecule has 0 aromatic heterocycles. The van der Waals surface area contributed by atoms with Crippen molar-refractivity contribution in [1.82, 2.24) is 0 Å². The molecule has 0 fully saturated rings. The van der Waals surface area contributed by atoms with Gasteiger partial charge in [0.15, 0.2) is 0 Å². The summed E-state index contributed by atoms with van der Waals surface area (Å²) in [6.07, 6.45) is 1.07. The molecular weight excluding hydrogens is 415 g/mol. The predicted molar refractivity (Wildman–Crippen MR) is 145 cm³/mol. The fourth-order valence-electron chi connectivity index (χ4n) is 4.45. The fraction of sp³-hybridized carbons (Fsp3) is 0.0625. The summed E-state index contributed by atoms with van der Waals surface area (Å²) in [6, 6.07) is 48.2. The van der Waals surface area contributed by atoms with Crippen molar-refractivity contribution in [3.05, 3.63) is 139 Å². The van der Waals surface area contributed by atoms with Gasteiger partial charge in [-0.2, -0.15) is 0 Å². The van der Waals surface area contributed by atoms with Crippen LogP contribution in [0.1, 0.15) is 5.56 Å². The van der Waals surface area contributed by atoms with Crippen LogP contribution in [0.2, 0.25) is 0 Å². The number of hydrogen-bond acceptors (Lipinski definition) is 0. The van der Waals surface area contributed by atoms with Gasteiger partial charge >= 0.3 is 0 Å². The van der Waals surface area contributed by atoms with Gasteiger partial charge in [0, 0.05) is 0 Å². The first-order valence-electron chi connectivity index (χ1n) is 11.4. The number of benzene rings is 5. The van der Waals surface area contributed by atoms with Crippen molar-refractivity contribution in [1.29, 1.82) is 0 Å². The van der Waals surface area contributed by atoms with E-state index in [-0.39, 0.29) is 0 Å². The normalized spacial score (nSPS) is 11.8. The summed E-state index contributed by atoms with van der Waals surface area (Å²) in [4.78, 5) is 0. The highest BCUT2D eigenvalue weighted by Gasteiger charge is 2.20. The molecule has 0 bridgehead atoms. The van der Waals surface area contributed by atoms with E-state index in [2.05, 4.69) is 140 Å². The third kappa shape index (κ3) is 4.82. The molecule has 0 N–H and O–H groups in total. The Morgan fingerprint density at radius 1 is 0.455 bits per heavy atom. The molecule has 0 saturated carbocycles. The Morgan fingerprint density at radius 2 is 0.848 bits per heavy atom. The van der Waals surface area contributed by atoms with Crippen LogP contribution in [0.3, 0.4) is 0 Å². The lowest BCUT2D eigenvalue weighted by molar-refractivity contribution is 1.40. The van der Waals surface area contributed by atoms with Gasteiger partial charge in [-0.15, -0.1) is 0 Å². The third-order valence-corrected chi connectivity index (χ3v) is 8.12. The number of hydrogen-bond donors (Lipinski definition) is 0. The molecule has 0 spiro atoms. The maximum atomic E-state index is 2.43. The molecule has 1 heteroatoms. The van der Waals surface area contributed by atoms with E-state index in [1.54, 1.807) is 0 Å². The van der Waals surface area contributed by atoms with Gasteiger partial charge in [-0.05, 0) is 69.2 Å². The van der Waals surface area contributed by atoms with E-state index >= 15 is 0 Å². The molecule has 0 aliphatic rings. The SMILES string of the molecule is CP(Cc1ccccc1)c1c(-c2ccccc2)cc(-c2ccccc2)cc1-c1ccccc1. The molecule has 5 aromatic carbocycles. The summed E-state index contributed by atoms with van der Waals surface area (Å²) in [6.45, 7) is 2.43. The zero-order valence-corrected chi connectivity index (χ0v) is 19.8. The van der Waals surface area contributed by atoms with Crippen molar-refractivity contribution in [2.24, 2.45) is 0 Å².